The van der Waals surface area contributed by atoms with Gasteiger partial charge in [0.2, 0.25) is 11.8 Å². The average molecular weight is 640 g/mol. The zero-order chi connectivity index (χ0) is 31.9. The highest BCUT2D eigenvalue weighted by Gasteiger charge is 2.35. The highest BCUT2D eigenvalue weighted by atomic mass is 35.5. The first-order chi connectivity index (χ1) is 21.0. The number of nitrogens with one attached hydrogen (secondary N) is 1. The van der Waals surface area contributed by atoms with Crippen LogP contribution in [0, 0.1) is 13.8 Å². The smallest absolute Gasteiger partial charge is 0.264 e. The third-order valence-corrected chi connectivity index (χ3v) is 10.3. The molecule has 0 heterocycles. The fraction of sp³-hybridized carbons (Fsp3) is 0.412. The molecular weight excluding hydrogens is 598 g/mol. The van der Waals surface area contributed by atoms with Crippen molar-refractivity contribution in [2.75, 3.05) is 18.0 Å². The van der Waals surface area contributed by atoms with E-state index in [0.29, 0.717) is 22.8 Å². The fourth-order valence-corrected chi connectivity index (χ4v) is 7.23. The molecule has 1 atom stereocenters. The molecule has 8 nitrogen and oxygen atoms in total. The third kappa shape index (κ3) is 7.93. The Morgan fingerprint density at radius 1 is 0.977 bits per heavy atom. The summed E-state index contributed by atoms with van der Waals surface area (Å²) in [6.45, 7) is 5.06. The lowest BCUT2D eigenvalue weighted by Gasteiger charge is -2.35. The van der Waals surface area contributed by atoms with Crippen molar-refractivity contribution in [2.24, 2.45) is 0 Å². The van der Waals surface area contributed by atoms with Crippen molar-refractivity contribution >= 4 is 39.1 Å². The number of benzene rings is 3. The van der Waals surface area contributed by atoms with Gasteiger partial charge in [-0.15, -0.1) is 0 Å². The fourth-order valence-electron chi connectivity index (χ4n) is 5.62. The van der Waals surface area contributed by atoms with E-state index in [4.69, 9.17) is 16.3 Å². The number of amides is 2. The van der Waals surface area contributed by atoms with Crippen LogP contribution in [0.4, 0.5) is 5.69 Å². The minimum absolute atomic E-state index is 0.0402. The lowest BCUT2D eigenvalue weighted by atomic mass is 9.95. The first kappa shape index (κ1) is 33.3. The van der Waals surface area contributed by atoms with Gasteiger partial charge in [-0.3, -0.25) is 13.9 Å². The molecule has 0 spiro atoms. The van der Waals surface area contributed by atoms with Gasteiger partial charge in [0.25, 0.3) is 10.0 Å². The number of hydrogen-bond acceptors (Lipinski definition) is 5. The molecule has 1 fully saturated rings. The Balaban J connectivity index is 1.77. The summed E-state index contributed by atoms with van der Waals surface area (Å²) in [5.41, 5.74) is 2.59. The molecule has 10 heteroatoms. The molecule has 0 saturated heterocycles. The molecule has 2 amide bonds. The maximum atomic E-state index is 14.4. The number of ether oxygens (including phenoxy) is 1. The van der Waals surface area contributed by atoms with E-state index in [1.54, 1.807) is 42.5 Å². The van der Waals surface area contributed by atoms with Crippen molar-refractivity contribution in [3.05, 3.63) is 88.4 Å². The SMILES string of the molecule is CC[C@@H](C(=O)NC1CCCCC1)N(Cc1ccccc1Cl)C(=O)CN(c1cc(C)ccc1OC)S(=O)(=O)c1ccc(C)cc1. The summed E-state index contributed by atoms with van der Waals surface area (Å²) in [7, 11) is -2.77. The second kappa shape index (κ2) is 14.9. The number of carbonyl (C=O) groups is 2. The van der Waals surface area contributed by atoms with Gasteiger partial charge in [0.05, 0.1) is 17.7 Å². The summed E-state index contributed by atoms with van der Waals surface area (Å²) in [5.74, 6) is -0.477. The Bertz CT molecular complexity index is 1560. The van der Waals surface area contributed by atoms with Gasteiger partial charge in [0.15, 0.2) is 0 Å². The number of nitrogens with zero attached hydrogens (tertiary/aromatic N) is 2. The first-order valence-electron chi connectivity index (χ1n) is 15.1. The van der Waals surface area contributed by atoms with E-state index < -0.39 is 28.5 Å². The Morgan fingerprint density at radius 3 is 2.27 bits per heavy atom. The lowest BCUT2D eigenvalue weighted by molar-refractivity contribution is -0.140. The highest BCUT2D eigenvalue weighted by Crippen LogP contribution is 2.34. The number of halogens is 1. The molecule has 1 aliphatic rings. The van der Waals surface area contributed by atoms with E-state index in [0.717, 1.165) is 47.5 Å². The second-order valence-electron chi connectivity index (χ2n) is 11.4. The molecular formula is C34H42ClN3O5S. The highest BCUT2D eigenvalue weighted by molar-refractivity contribution is 7.92. The number of carbonyl (C=O) groups excluding carboxylic acids is 2. The summed E-state index contributed by atoms with van der Waals surface area (Å²) >= 11 is 6.52. The predicted molar refractivity (Wildman–Crippen MR) is 175 cm³/mol. The molecule has 0 aliphatic heterocycles. The van der Waals surface area contributed by atoms with E-state index in [1.165, 1.54) is 24.1 Å². The molecule has 0 bridgehead atoms. The average Bonchev–Trinajstić information content (AvgIpc) is 3.01. The summed E-state index contributed by atoms with van der Waals surface area (Å²) < 4.78 is 35.1. The zero-order valence-corrected chi connectivity index (χ0v) is 27.5. The number of hydrogen-bond donors (Lipinski definition) is 1. The van der Waals surface area contributed by atoms with Crippen molar-refractivity contribution in [1.82, 2.24) is 10.2 Å². The molecule has 44 heavy (non-hydrogen) atoms. The minimum atomic E-state index is -4.23. The molecule has 0 radical (unpaired) electrons. The van der Waals surface area contributed by atoms with Crippen LogP contribution in [0.25, 0.3) is 0 Å². The Morgan fingerprint density at radius 2 is 1.64 bits per heavy atom. The van der Waals surface area contributed by atoms with Crippen LogP contribution in [0.15, 0.2) is 71.6 Å². The molecule has 0 aromatic heterocycles. The maximum absolute atomic E-state index is 14.4. The molecule has 1 aliphatic carbocycles. The number of anilines is 1. The van der Waals surface area contributed by atoms with Crippen LogP contribution in [0.3, 0.4) is 0 Å². The van der Waals surface area contributed by atoms with Gasteiger partial charge in [-0.2, -0.15) is 0 Å². The van der Waals surface area contributed by atoms with Crippen LogP contribution in [0.1, 0.15) is 62.1 Å². The van der Waals surface area contributed by atoms with Crippen molar-refractivity contribution in [3.8, 4) is 5.75 Å². The van der Waals surface area contributed by atoms with Gasteiger partial charge in [0, 0.05) is 17.6 Å². The Hall–Kier alpha value is -3.56. The van der Waals surface area contributed by atoms with Gasteiger partial charge in [0.1, 0.15) is 18.3 Å². The number of rotatable bonds is 12. The van der Waals surface area contributed by atoms with Gasteiger partial charge in [-0.25, -0.2) is 8.42 Å². The van der Waals surface area contributed by atoms with Crippen LogP contribution in [-0.4, -0.2) is 50.9 Å². The topological polar surface area (TPSA) is 96.0 Å². The molecule has 3 aromatic rings. The Labute approximate surface area is 266 Å². The summed E-state index contributed by atoms with van der Waals surface area (Å²) in [6.07, 6.45) is 5.39. The van der Waals surface area contributed by atoms with Crippen molar-refractivity contribution in [2.45, 2.75) is 82.8 Å². The molecule has 1 N–H and O–H groups in total. The quantitative estimate of drug-likeness (QED) is 0.247. The largest absolute Gasteiger partial charge is 0.495 e. The normalized spacial score (nSPS) is 14.5. The number of methoxy groups -OCH3 is 1. The van der Waals surface area contributed by atoms with Crippen LogP contribution in [0.5, 0.6) is 5.75 Å². The van der Waals surface area contributed by atoms with E-state index in [1.807, 2.05) is 32.9 Å². The number of sulfonamides is 1. The lowest BCUT2D eigenvalue weighted by Crippen LogP contribution is -2.54. The third-order valence-electron chi connectivity index (χ3n) is 8.13. The van der Waals surface area contributed by atoms with Gasteiger partial charge >= 0.3 is 0 Å². The maximum Gasteiger partial charge on any atom is 0.264 e. The van der Waals surface area contributed by atoms with Crippen molar-refractivity contribution < 1.29 is 22.7 Å². The zero-order valence-electron chi connectivity index (χ0n) is 25.9. The van der Waals surface area contributed by atoms with Crippen LogP contribution < -0.4 is 14.4 Å². The van der Waals surface area contributed by atoms with Crippen LogP contribution in [0.2, 0.25) is 5.02 Å². The van der Waals surface area contributed by atoms with Crippen LogP contribution in [-0.2, 0) is 26.2 Å². The van der Waals surface area contributed by atoms with E-state index >= 15 is 0 Å². The number of aryl methyl sites for hydroxylation is 2. The minimum Gasteiger partial charge on any atom is -0.495 e. The monoisotopic (exact) mass is 639 g/mol. The van der Waals surface area contributed by atoms with E-state index in [-0.39, 0.29) is 29.1 Å². The second-order valence-corrected chi connectivity index (χ2v) is 13.7. The molecule has 0 unspecified atom stereocenters. The Kier molecular flexibility index (Phi) is 11.3. The molecule has 236 valence electrons. The van der Waals surface area contributed by atoms with Gasteiger partial charge in [-0.05, 0) is 74.6 Å². The molecule has 1 saturated carbocycles. The van der Waals surface area contributed by atoms with Gasteiger partial charge < -0.3 is 15.0 Å². The van der Waals surface area contributed by atoms with Crippen molar-refractivity contribution in [3.63, 3.8) is 0 Å². The standard InChI is InChI=1S/C34H42ClN3O5S/c1-5-30(34(40)36-27-12-7-6-8-13-27)37(22-26-11-9-10-14-29(26)35)33(39)23-38(31-21-25(3)17-20-32(31)43-4)44(41,42)28-18-15-24(2)16-19-28/h9-11,14-21,27,30H,5-8,12-13,22-23H2,1-4H3,(H,36,40)/t30-/m0/s1. The molecule has 3 aromatic carbocycles. The van der Waals surface area contributed by atoms with E-state index in [2.05, 4.69) is 5.32 Å². The first-order valence-corrected chi connectivity index (χ1v) is 16.9. The summed E-state index contributed by atoms with van der Waals surface area (Å²) in [5, 5.41) is 3.62. The molecule has 4 rings (SSSR count). The predicted octanol–water partition coefficient (Wildman–Crippen LogP) is 6.42. The van der Waals surface area contributed by atoms with Crippen LogP contribution >= 0.6 is 11.6 Å². The van der Waals surface area contributed by atoms with E-state index in [9.17, 15) is 18.0 Å². The van der Waals surface area contributed by atoms with Crippen molar-refractivity contribution in [1.29, 1.82) is 0 Å². The summed E-state index contributed by atoms with van der Waals surface area (Å²) in [6, 6.07) is 18.0. The summed E-state index contributed by atoms with van der Waals surface area (Å²) in [4.78, 5) is 29.6. The van der Waals surface area contributed by atoms with Gasteiger partial charge in [-0.1, -0.05) is 79.7 Å².